The molecule has 0 rings (SSSR count). The summed E-state index contributed by atoms with van der Waals surface area (Å²) < 4.78 is 6.41. The molecule has 0 N–H and O–H groups in total. The molecule has 4 nitrogen and oxygen atoms in total. The second-order valence-corrected chi connectivity index (χ2v) is 15.9. The maximum Gasteiger partial charge on any atom is 0.189 e. The molecule has 0 spiro atoms. The molecule has 34 heavy (non-hydrogen) atoms. The van der Waals surface area contributed by atoms with Crippen LogP contribution in [0, 0.1) is 5.41 Å². The van der Waals surface area contributed by atoms with E-state index in [9.17, 15) is 0 Å². The van der Waals surface area contributed by atoms with Gasteiger partial charge in [0, 0.05) is 6.61 Å². The Kier molecular flexibility index (Phi) is 20.2. The first-order valence-electron chi connectivity index (χ1n) is 14.9. The van der Waals surface area contributed by atoms with Gasteiger partial charge in [0.15, 0.2) is 8.32 Å². The summed E-state index contributed by atoms with van der Waals surface area (Å²) in [5, 5.41) is 0. The molecule has 0 fully saturated rings. The maximum atomic E-state index is 6.41. The minimum atomic E-state index is -1.59. The molecule has 0 aliphatic rings. The molecule has 1 atom stereocenters. The molecule has 0 aliphatic heterocycles. The predicted molar refractivity (Wildman–Crippen MR) is 157 cm³/mol. The van der Waals surface area contributed by atoms with Gasteiger partial charge in [0.05, 0.1) is 0 Å². The number of hydrogen-bond donors (Lipinski definition) is 0. The molecule has 0 saturated heterocycles. The van der Waals surface area contributed by atoms with Gasteiger partial charge in [-0.1, -0.05) is 27.7 Å². The summed E-state index contributed by atoms with van der Waals surface area (Å²) in [4.78, 5) is 7.62. The first-order valence-corrected chi connectivity index (χ1v) is 17.7. The van der Waals surface area contributed by atoms with Crippen LogP contribution in [0.3, 0.4) is 0 Å². The Labute approximate surface area is 217 Å². The molecule has 0 aliphatic carbocycles. The molecule has 0 radical (unpaired) electrons. The molecule has 0 aromatic heterocycles. The second-order valence-electron chi connectivity index (χ2n) is 11.5. The molecule has 0 saturated carbocycles. The minimum absolute atomic E-state index is 0.480. The Bertz CT molecular complexity index is 419. The van der Waals surface area contributed by atoms with Crippen molar-refractivity contribution in [2.75, 3.05) is 67.0 Å². The van der Waals surface area contributed by atoms with Crippen LogP contribution in [0.25, 0.3) is 0 Å². The van der Waals surface area contributed by atoms with Gasteiger partial charge in [0.1, 0.15) is 0 Å². The van der Waals surface area contributed by atoms with Crippen molar-refractivity contribution in [2.45, 2.75) is 117 Å². The van der Waals surface area contributed by atoms with E-state index in [-0.39, 0.29) is 0 Å². The highest BCUT2D eigenvalue weighted by Gasteiger charge is 2.34. The maximum absolute atomic E-state index is 6.41. The summed E-state index contributed by atoms with van der Waals surface area (Å²) in [7, 11) is 5.33. The topological polar surface area (TPSA) is 19.0 Å². The van der Waals surface area contributed by atoms with E-state index in [1.165, 1.54) is 116 Å². The van der Waals surface area contributed by atoms with Gasteiger partial charge < -0.3 is 19.1 Å². The third-order valence-electron chi connectivity index (χ3n) is 7.98. The molecule has 5 heteroatoms. The molecule has 0 aromatic rings. The molecular formula is C29H65N3OSi. The largest absolute Gasteiger partial charge is 0.417 e. The van der Waals surface area contributed by atoms with Crippen LogP contribution >= 0.6 is 0 Å². The van der Waals surface area contributed by atoms with Crippen molar-refractivity contribution >= 4 is 8.32 Å². The highest BCUT2D eigenvalue weighted by Crippen LogP contribution is 2.42. The summed E-state index contributed by atoms with van der Waals surface area (Å²) in [6.45, 7) is 22.2. The molecule has 0 aromatic carbocycles. The van der Waals surface area contributed by atoms with Crippen LogP contribution in [0.5, 0.6) is 0 Å². The molecule has 206 valence electrons. The quantitative estimate of drug-likeness (QED) is 0.129. The van der Waals surface area contributed by atoms with E-state index in [0.29, 0.717) is 5.41 Å². The van der Waals surface area contributed by atoms with E-state index < -0.39 is 8.32 Å². The second kappa shape index (κ2) is 20.2. The number of nitrogens with zero attached hydrogens (tertiary/aromatic N) is 3. The van der Waals surface area contributed by atoms with Crippen LogP contribution < -0.4 is 0 Å². The van der Waals surface area contributed by atoms with E-state index in [1.807, 2.05) is 0 Å². The lowest BCUT2D eigenvalue weighted by Gasteiger charge is -2.39. The fraction of sp³-hybridized carbons (Fsp3) is 1.00. The molecule has 0 amide bonds. The number of hydrogen-bond acceptors (Lipinski definition) is 4. The molecule has 0 bridgehead atoms. The van der Waals surface area contributed by atoms with Crippen molar-refractivity contribution in [3.05, 3.63) is 0 Å². The lowest BCUT2D eigenvalue weighted by atomic mass is 9.73. The summed E-state index contributed by atoms with van der Waals surface area (Å²) >= 11 is 0. The SMILES string of the molecule is CCCN(C)CCCC(CCCN(C)CCC)(CCCN(C)CCC)CC[Si](C)(CC)OCC. The minimum Gasteiger partial charge on any atom is -0.417 e. The molecular weight excluding hydrogens is 434 g/mol. The van der Waals surface area contributed by atoms with Gasteiger partial charge in [-0.3, -0.25) is 0 Å². The van der Waals surface area contributed by atoms with E-state index in [0.717, 1.165) is 6.61 Å². The van der Waals surface area contributed by atoms with Crippen LogP contribution in [-0.4, -0.2) is 90.0 Å². The van der Waals surface area contributed by atoms with Crippen molar-refractivity contribution in [3.63, 3.8) is 0 Å². The van der Waals surface area contributed by atoms with Crippen LogP contribution in [-0.2, 0) is 4.43 Å². The first-order chi connectivity index (χ1) is 16.2. The van der Waals surface area contributed by atoms with Crippen LogP contribution in [0.15, 0.2) is 0 Å². The fourth-order valence-corrected chi connectivity index (χ4v) is 8.09. The Hall–Kier alpha value is 0.0569. The zero-order valence-electron chi connectivity index (χ0n) is 25.2. The van der Waals surface area contributed by atoms with E-state index >= 15 is 0 Å². The predicted octanol–water partition coefficient (Wildman–Crippen LogP) is 7.36. The van der Waals surface area contributed by atoms with E-state index in [4.69, 9.17) is 4.43 Å². The van der Waals surface area contributed by atoms with Gasteiger partial charge in [0.2, 0.25) is 0 Å². The normalized spacial score (nSPS) is 14.5. The van der Waals surface area contributed by atoms with Gasteiger partial charge in [-0.05, 0) is 156 Å². The first kappa shape index (κ1) is 34.1. The van der Waals surface area contributed by atoms with Crippen molar-refractivity contribution < 1.29 is 4.43 Å². The molecule has 1 unspecified atom stereocenters. The summed E-state index contributed by atoms with van der Waals surface area (Å²) in [5.74, 6) is 0. The lowest BCUT2D eigenvalue weighted by Crippen LogP contribution is -2.37. The smallest absolute Gasteiger partial charge is 0.189 e. The van der Waals surface area contributed by atoms with Crippen LogP contribution in [0.1, 0.15) is 98.8 Å². The van der Waals surface area contributed by atoms with Crippen LogP contribution in [0.2, 0.25) is 18.6 Å². The third-order valence-corrected chi connectivity index (χ3v) is 11.8. The third kappa shape index (κ3) is 15.9. The Morgan fingerprint density at radius 3 is 1.26 bits per heavy atom. The zero-order valence-corrected chi connectivity index (χ0v) is 26.2. The van der Waals surface area contributed by atoms with Crippen molar-refractivity contribution in [3.8, 4) is 0 Å². The van der Waals surface area contributed by atoms with E-state index in [1.54, 1.807) is 0 Å². The fourth-order valence-electron chi connectivity index (χ4n) is 5.63. The summed E-state index contributed by atoms with van der Waals surface area (Å²) in [6, 6.07) is 2.58. The van der Waals surface area contributed by atoms with Crippen LogP contribution in [0.4, 0.5) is 0 Å². The zero-order chi connectivity index (χ0) is 25.9. The highest BCUT2D eigenvalue weighted by atomic mass is 28.4. The lowest BCUT2D eigenvalue weighted by molar-refractivity contribution is 0.160. The summed E-state index contributed by atoms with van der Waals surface area (Å²) in [6.07, 6.45) is 13.3. The van der Waals surface area contributed by atoms with E-state index in [2.05, 4.69) is 77.0 Å². The van der Waals surface area contributed by atoms with Crippen molar-refractivity contribution in [2.24, 2.45) is 5.41 Å². The highest BCUT2D eigenvalue weighted by molar-refractivity contribution is 6.72. The van der Waals surface area contributed by atoms with Crippen molar-refractivity contribution in [1.29, 1.82) is 0 Å². The summed E-state index contributed by atoms with van der Waals surface area (Å²) in [5.41, 5.74) is 0.480. The Balaban J connectivity index is 5.46. The average Bonchev–Trinajstić information content (AvgIpc) is 2.78. The monoisotopic (exact) mass is 499 g/mol. The average molecular weight is 500 g/mol. The molecule has 0 heterocycles. The van der Waals surface area contributed by atoms with Crippen molar-refractivity contribution in [1.82, 2.24) is 14.7 Å². The van der Waals surface area contributed by atoms with Gasteiger partial charge in [-0.25, -0.2) is 0 Å². The number of rotatable bonds is 24. The van der Waals surface area contributed by atoms with Gasteiger partial charge in [-0.2, -0.15) is 0 Å². The van der Waals surface area contributed by atoms with Gasteiger partial charge in [-0.15, -0.1) is 0 Å². The standard InChI is InChI=1S/C29H65N3OSi/c1-10-22-30(6)25-15-18-29(19-16-26-31(7)23-11-2,20-17-27-32(8)24-12-3)21-28-34(9,14-5)33-13-4/h10-28H2,1-9H3. The van der Waals surface area contributed by atoms with Gasteiger partial charge >= 0.3 is 0 Å². The Morgan fingerprint density at radius 1 is 0.588 bits per heavy atom. The van der Waals surface area contributed by atoms with Gasteiger partial charge in [0.25, 0.3) is 0 Å². The Morgan fingerprint density at radius 2 is 0.971 bits per heavy atom.